The van der Waals surface area contributed by atoms with Crippen molar-refractivity contribution in [3.05, 3.63) is 91.3 Å². The standard InChI is InChI=1S/C24H26F6N2O5Si2/c1-38(15-11-23(25,26)27,13-9-19-5-3-7-21(17-19)31(33)34)37-39(2,16-12-24(28,29)30)14-10-20-6-4-8-22(18-20)32(35)36/h3-10,13-14,17-18H,11-12,15-16H2,1-2H3. The van der Waals surface area contributed by atoms with Gasteiger partial charge in [-0.25, -0.2) is 0 Å². The van der Waals surface area contributed by atoms with Gasteiger partial charge in [-0.3, -0.25) is 20.2 Å². The van der Waals surface area contributed by atoms with Gasteiger partial charge in [0.25, 0.3) is 11.4 Å². The van der Waals surface area contributed by atoms with Gasteiger partial charge in [-0.1, -0.05) is 47.8 Å². The number of nitro groups is 2. The Balaban J connectivity index is 2.48. The SMILES string of the molecule is C[Si](C=Cc1cccc([N+](=O)[O-])c1)(CCC(F)(F)F)O[Si](C)(C=Cc1cccc([N+](=O)[O-])c1)CCC(F)(F)F. The van der Waals surface area contributed by atoms with E-state index in [9.17, 15) is 46.6 Å². The number of nitro benzene ring substituents is 2. The van der Waals surface area contributed by atoms with Gasteiger partial charge < -0.3 is 4.12 Å². The number of halogens is 6. The molecule has 2 rings (SSSR count). The van der Waals surface area contributed by atoms with E-state index in [2.05, 4.69) is 0 Å². The number of nitrogens with zero attached hydrogens (tertiary/aromatic N) is 2. The quantitative estimate of drug-likeness (QED) is 0.107. The summed E-state index contributed by atoms with van der Waals surface area (Å²) < 4.78 is 85.2. The second kappa shape index (κ2) is 12.7. The first-order valence-electron chi connectivity index (χ1n) is 11.6. The first kappa shape index (κ1) is 31.9. The summed E-state index contributed by atoms with van der Waals surface area (Å²) in [6.45, 7) is 2.90. The fraction of sp³-hybridized carbons (Fsp3) is 0.333. The lowest BCUT2D eigenvalue weighted by molar-refractivity contribution is -0.385. The Labute approximate surface area is 222 Å². The van der Waals surface area contributed by atoms with E-state index in [-0.39, 0.29) is 11.4 Å². The van der Waals surface area contributed by atoms with Crippen LogP contribution in [0.25, 0.3) is 12.2 Å². The van der Waals surface area contributed by atoms with Crippen molar-refractivity contribution in [3.63, 3.8) is 0 Å². The summed E-state index contributed by atoms with van der Waals surface area (Å²) in [4.78, 5) is 20.9. The average Bonchev–Trinajstić information content (AvgIpc) is 2.84. The maximum atomic E-state index is 13.2. The van der Waals surface area contributed by atoms with Crippen LogP contribution in [0.15, 0.2) is 59.9 Å². The van der Waals surface area contributed by atoms with Gasteiger partial charge in [0.1, 0.15) is 0 Å². The smallest absolute Gasteiger partial charge is 0.388 e. The molecule has 0 aliphatic heterocycles. The second-order valence-electron chi connectivity index (χ2n) is 9.33. The van der Waals surface area contributed by atoms with Crippen LogP contribution in [-0.4, -0.2) is 38.8 Å². The molecule has 0 amide bonds. The molecule has 2 unspecified atom stereocenters. The van der Waals surface area contributed by atoms with Crippen LogP contribution in [0.3, 0.4) is 0 Å². The lowest BCUT2D eigenvalue weighted by Crippen LogP contribution is -2.47. The molecule has 2 atom stereocenters. The third-order valence-corrected chi connectivity index (χ3v) is 13.7. The number of hydrogen-bond donors (Lipinski definition) is 0. The van der Waals surface area contributed by atoms with Crippen LogP contribution in [0.4, 0.5) is 37.7 Å². The summed E-state index contributed by atoms with van der Waals surface area (Å²) in [5.41, 5.74) is 2.98. The van der Waals surface area contributed by atoms with E-state index >= 15 is 0 Å². The van der Waals surface area contributed by atoms with E-state index in [0.29, 0.717) is 11.1 Å². The molecule has 0 aliphatic rings. The molecule has 0 aliphatic carbocycles. The van der Waals surface area contributed by atoms with Gasteiger partial charge in [0.05, 0.1) is 9.85 Å². The summed E-state index contributed by atoms with van der Waals surface area (Å²) in [7, 11) is -7.04. The van der Waals surface area contributed by atoms with Gasteiger partial charge in [-0.15, -0.1) is 0 Å². The number of alkyl halides is 6. The highest BCUT2D eigenvalue weighted by Gasteiger charge is 2.42. The summed E-state index contributed by atoms with van der Waals surface area (Å²) in [5, 5.41) is 22.1. The molecule has 0 heterocycles. The molecule has 2 aromatic rings. The van der Waals surface area contributed by atoms with Crippen molar-refractivity contribution in [1.82, 2.24) is 0 Å². The molecule has 0 fully saturated rings. The zero-order chi connectivity index (χ0) is 29.5. The Morgan fingerprint density at radius 3 is 1.41 bits per heavy atom. The van der Waals surface area contributed by atoms with Crippen molar-refractivity contribution in [1.29, 1.82) is 0 Å². The van der Waals surface area contributed by atoms with Crippen molar-refractivity contribution in [2.24, 2.45) is 0 Å². The van der Waals surface area contributed by atoms with Crippen molar-refractivity contribution < 1.29 is 40.3 Å². The maximum absolute atomic E-state index is 13.2. The predicted octanol–water partition coefficient (Wildman–Crippen LogP) is 8.38. The van der Waals surface area contributed by atoms with Crippen LogP contribution < -0.4 is 0 Å². The molecule has 2 aromatic carbocycles. The van der Waals surface area contributed by atoms with Gasteiger partial charge in [0, 0.05) is 37.1 Å². The molecule has 7 nitrogen and oxygen atoms in total. The minimum absolute atomic E-state index is 0.235. The van der Waals surface area contributed by atoms with E-state index in [0.717, 1.165) is 0 Å². The fourth-order valence-electron chi connectivity index (χ4n) is 3.68. The second-order valence-corrected chi connectivity index (χ2v) is 17.1. The molecule has 0 saturated heterocycles. The Bertz CT molecular complexity index is 1140. The topological polar surface area (TPSA) is 95.5 Å². The van der Waals surface area contributed by atoms with Gasteiger partial charge in [-0.05, 0) is 36.3 Å². The third-order valence-electron chi connectivity index (χ3n) is 5.69. The zero-order valence-electron chi connectivity index (χ0n) is 21.0. The Hall–Kier alpha value is -3.31. The molecule has 0 saturated carbocycles. The van der Waals surface area contributed by atoms with Crippen LogP contribution in [0.1, 0.15) is 24.0 Å². The normalized spacial score (nSPS) is 15.8. The number of hydrogen-bond acceptors (Lipinski definition) is 5. The minimum Gasteiger partial charge on any atom is -0.449 e. The van der Waals surface area contributed by atoms with Crippen molar-refractivity contribution in [2.75, 3.05) is 0 Å². The monoisotopic (exact) mass is 592 g/mol. The summed E-state index contributed by atoms with van der Waals surface area (Å²) in [6.07, 6.45) is -8.77. The van der Waals surface area contributed by atoms with Crippen LogP contribution in [0.5, 0.6) is 0 Å². The highest BCUT2D eigenvalue weighted by Crippen LogP contribution is 2.34. The van der Waals surface area contributed by atoms with Crippen LogP contribution in [0.2, 0.25) is 25.2 Å². The molecule has 0 bridgehead atoms. The van der Waals surface area contributed by atoms with E-state index in [1.54, 1.807) is 0 Å². The van der Waals surface area contributed by atoms with Crippen molar-refractivity contribution in [3.8, 4) is 0 Å². The molecular formula is C24H26F6N2O5Si2. The lowest BCUT2D eigenvalue weighted by Gasteiger charge is -2.36. The molecule has 0 radical (unpaired) electrons. The van der Waals surface area contributed by atoms with Gasteiger partial charge >= 0.3 is 12.4 Å². The molecule has 15 heteroatoms. The lowest BCUT2D eigenvalue weighted by atomic mass is 10.2. The molecule has 39 heavy (non-hydrogen) atoms. The van der Waals surface area contributed by atoms with Gasteiger partial charge in [0.15, 0.2) is 0 Å². The van der Waals surface area contributed by atoms with Gasteiger partial charge in [-0.2, -0.15) is 26.3 Å². The number of benzene rings is 2. The van der Waals surface area contributed by atoms with Crippen LogP contribution >= 0.6 is 0 Å². The zero-order valence-corrected chi connectivity index (χ0v) is 23.0. The Morgan fingerprint density at radius 2 is 1.10 bits per heavy atom. The summed E-state index contributed by atoms with van der Waals surface area (Å²) in [6, 6.07) is 9.77. The first-order chi connectivity index (χ1) is 17.9. The Morgan fingerprint density at radius 1 is 0.744 bits per heavy atom. The first-order valence-corrected chi connectivity index (χ1v) is 17.0. The van der Waals surface area contributed by atoms with Crippen LogP contribution in [0, 0.1) is 20.2 Å². The molecule has 0 N–H and O–H groups in total. The minimum atomic E-state index is -4.54. The van der Waals surface area contributed by atoms with Crippen LogP contribution in [-0.2, 0) is 4.12 Å². The van der Waals surface area contributed by atoms with Crippen molar-refractivity contribution >= 4 is 40.2 Å². The Kier molecular flexibility index (Phi) is 10.4. The van der Waals surface area contributed by atoms with Crippen molar-refractivity contribution in [2.45, 2.75) is 50.4 Å². The van der Waals surface area contributed by atoms with E-state index in [4.69, 9.17) is 4.12 Å². The highest BCUT2D eigenvalue weighted by molar-refractivity contribution is 6.91. The van der Waals surface area contributed by atoms with E-state index in [1.165, 1.54) is 85.2 Å². The highest BCUT2D eigenvalue weighted by atomic mass is 28.4. The predicted molar refractivity (Wildman–Crippen MR) is 140 cm³/mol. The van der Waals surface area contributed by atoms with Gasteiger partial charge in [0.2, 0.25) is 16.6 Å². The summed E-state index contributed by atoms with van der Waals surface area (Å²) >= 11 is 0. The molecule has 212 valence electrons. The molecule has 0 spiro atoms. The van der Waals surface area contributed by atoms with E-state index < -0.39 is 63.8 Å². The number of rotatable bonds is 12. The largest absolute Gasteiger partial charge is 0.449 e. The average molecular weight is 593 g/mol. The third kappa shape index (κ3) is 11.5. The molecular weight excluding hydrogens is 566 g/mol. The maximum Gasteiger partial charge on any atom is 0.388 e. The number of non-ortho nitro benzene ring substituents is 2. The summed E-state index contributed by atoms with van der Waals surface area (Å²) in [5.74, 6) is 0. The molecule has 0 aromatic heterocycles. The fourth-order valence-corrected chi connectivity index (χ4v) is 12.3. The van der Waals surface area contributed by atoms with E-state index in [1.807, 2.05) is 0 Å².